The Kier molecular flexibility index (Phi) is 3.65. The average molecular weight is 174 g/mol. The lowest BCUT2D eigenvalue weighted by Gasteiger charge is -2.19. The maximum absolute atomic E-state index is 9.96. The maximum Gasteiger partial charge on any atom is 0.280 e. The molecule has 4 heteroatoms. The molecule has 1 heterocycles. The van der Waals surface area contributed by atoms with Crippen molar-refractivity contribution in [2.75, 3.05) is 13.2 Å². The van der Waals surface area contributed by atoms with Gasteiger partial charge in [-0.3, -0.25) is 0 Å². The van der Waals surface area contributed by atoms with Gasteiger partial charge in [-0.25, -0.2) is 0 Å². The minimum atomic E-state index is -1.37. The molecule has 0 bridgehead atoms. The van der Waals surface area contributed by atoms with Crippen LogP contribution in [0.5, 0.6) is 0 Å². The van der Waals surface area contributed by atoms with Gasteiger partial charge in [-0.15, -0.1) is 0 Å². The Hall–Kier alpha value is -0.450. The van der Waals surface area contributed by atoms with E-state index in [1.165, 1.54) is 0 Å². The van der Waals surface area contributed by atoms with E-state index in [-0.39, 0.29) is 0 Å². The lowest BCUT2D eigenvalue weighted by Crippen LogP contribution is -2.29. The molecule has 0 amide bonds. The van der Waals surface area contributed by atoms with Gasteiger partial charge in [-0.05, 0) is 12.8 Å². The first kappa shape index (κ1) is 9.64. The third-order valence-electron chi connectivity index (χ3n) is 1.80. The SMILES string of the molecule is O=CCCCCC1(O)OCCO1. The number of rotatable bonds is 5. The molecule has 0 radical (unpaired) electrons. The van der Waals surface area contributed by atoms with Crippen LogP contribution in [0.1, 0.15) is 25.7 Å². The normalized spacial score (nSPS) is 21.1. The summed E-state index contributed by atoms with van der Waals surface area (Å²) in [5.41, 5.74) is 0. The van der Waals surface area contributed by atoms with Crippen LogP contribution < -0.4 is 0 Å². The molecule has 1 rings (SSSR count). The Morgan fingerprint density at radius 3 is 2.58 bits per heavy atom. The quantitative estimate of drug-likeness (QED) is 0.485. The first-order valence-electron chi connectivity index (χ1n) is 4.21. The van der Waals surface area contributed by atoms with Gasteiger partial charge in [0.25, 0.3) is 5.97 Å². The number of aldehydes is 1. The van der Waals surface area contributed by atoms with Crippen LogP contribution in [0.15, 0.2) is 0 Å². The molecule has 1 N–H and O–H groups in total. The van der Waals surface area contributed by atoms with E-state index >= 15 is 0 Å². The second kappa shape index (κ2) is 4.54. The highest BCUT2D eigenvalue weighted by molar-refractivity contribution is 5.48. The van der Waals surface area contributed by atoms with Crippen LogP contribution in [0, 0.1) is 0 Å². The summed E-state index contributed by atoms with van der Waals surface area (Å²) in [7, 11) is 0. The van der Waals surface area contributed by atoms with Gasteiger partial charge >= 0.3 is 0 Å². The average Bonchev–Trinajstić information content (AvgIpc) is 2.47. The van der Waals surface area contributed by atoms with E-state index < -0.39 is 5.97 Å². The summed E-state index contributed by atoms with van der Waals surface area (Å²) in [6.45, 7) is 0.897. The van der Waals surface area contributed by atoms with E-state index in [4.69, 9.17) is 9.47 Å². The highest BCUT2D eigenvalue weighted by atomic mass is 16.8. The molecule has 0 aromatic heterocycles. The maximum atomic E-state index is 9.96. The Morgan fingerprint density at radius 2 is 2.00 bits per heavy atom. The van der Waals surface area contributed by atoms with Crippen LogP contribution in [0.25, 0.3) is 0 Å². The first-order chi connectivity index (χ1) is 5.77. The fourth-order valence-corrected chi connectivity index (χ4v) is 1.16. The van der Waals surface area contributed by atoms with Crippen molar-refractivity contribution < 1.29 is 19.4 Å². The van der Waals surface area contributed by atoms with Crippen molar-refractivity contribution in [3.8, 4) is 0 Å². The number of aliphatic hydroxyl groups is 1. The largest absolute Gasteiger partial charge is 0.343 e. The molecule has 1 aliphatic heterocycles. The summed E-state index contributed by atoms with van der Waals surface area (Å²) in [5, 5.41) is 9.46. The van der Waals surface area contributed by atoms with Gasteiger partial charge in [0.1, 0.15) is 6.29 Å². The molecule has 1 aliphatic rings. The fraction of sp³-hybridized carbons (Fsp3) is 0.875. The third kappa shape index (κ3) is 2.89. The standard InChI is InChI=1S/C8H14O4/c9-5-3-1-2-4-8(10)11-6-7-12-8/h5,10H,1-4,6-7H2. The Bertz CT molecular complexity index is 140. The molecule has 12 heavy (non-hydrogen) atoms. The van der Waals surface area contributed by atoms with Gasteiger partial charge < -0.3 is 19.4 Å². The molecular formula is C8H14O4. The molecule has 1 saturated heterocycles. The number of hydrogen-bond donors (Lipinski definition) is 1. The van der Waals surface area contributed by atoms with E-state index in [0.717, 1.165) is 19.1 Å². The van der Waals surface area contributed by atoms with Crippen molar-refractivity contribution in [1.82, 2.24) is 0 Å². The summed E-state index contributed by atoms with van der Waals surface area (Å²) in [5.74, 6) is -1.37. The topological polar surface area (TPSA) is 55.8 Å². The predicted octanol–water partition coefficient (Wildman–Crippen LogP) is 0.439. The number of hydrogen-bond acceptors (Lipinski definition) is 4. The highest BCUT2D eigenvalue weighted by Crippen LogP contribution is 2.22. The zero-order chi connectivity index (χ0) is 8.86. The third-order valence-corrected chi connectivity index (χ3v) is 1.80. The number of unbranched alkanes of at least 4 members (excludes halogenated alkanes) is 2. The summed E-state index contributed by atoms with van der Waals surface area (Å²) in [4.78, 5) is 9.96. The summed E-state index contributed by atoms with van der Waals surface area (Å²) in [6, 6.07) is 0. The van der Waals surface area contributed by atoms with E-state index in [1.807, 2.05) is 0 Å². The molecule has 4 nitrogen and oxygen atoms in total. The van der Waals surface area contributed by atoms with Gasteiger partial charge in [0, 0.05) is 12.8 Å². The zero-order valence-electron chi connectivity index (χ0n) is 6.99. The van der Waals surface area contributed by atoms with E-state index in [9.17, 15) is 9.90 Å². The molecule has 0 aromatic carbocycles. The summed E-state index contributed by atoms with van der Waals surface area (Å²) < 4.78 is 9.93. The van der Waals surface area contributed by atoms with Gasteiger partial charge in [-0.1, -0.05) is 0 Å². The second-order valence-corrected chi connectivity index (χ2v) is 2.82. The Morgan fingerprint density at radius 1 is 1.33 bits per heavy atom. The van der Waals surface area contributed by atoms with Crippen LogP contribution in [0.4, 0.5) is 0 Å². The molecule has 1 fully saturated rings. The van der Waals surface area contributed by atoms with Crippen molar-refractivity contribution >= 4 is 6.29 Å². The van der Waals surface area contributed by atoms with Crippen LogP contribution in [0.2, 0.25) is 0 Å². The van der Waals surface area contributed by atoms with Crippen LogP contribution in [-0.2, 0) is 14.3 Å². The molecule has 70 valence electrons. The smallest absolute Gasteiger partial charge is 0.280 e. The molecule has 0 aliphatic carbocycles. The van der Waals surface area contributed by atoms with Crippen molar-refractivity contribution in [3.05, 3.63) is 0 Å². The molecule has 0 spiro atoms. The van der Waals surface area contributed by atoms with Crippen molar-refractivity contribution in [2.24, 2.45) is 0 Å². The number of carbonyl (C=O) groups excluding carboxylic acids is 1. The minimum Gasteiger partial charge on any atom is -0.343 e. The zero-order valence-corrected chi connectivity index (χ0v) is 6.99. The predicted molar refractivity (Wildman–Crippen MR) is 41.4 cm³/mol. The Labute approximate surface area is 71.5 Å². The van der Waals surface area contributed by atoms with Crippen LogP contribution in [-0.4, -0.2) is 30.6 Å². The second-order valence-electron chi connectivity index (χ2n) is 2.82. The lowest BCUT2D eigenvalue weighted by atomic mass is 10.2. The first-order valence-corrected chi connectivity index (χ1v) is 4.21. The van der Waals surface area contributed by atoms with Crippen molar-refractivity contribution in [3.63, 3.8) is 0 Å². The van der Waals surface area contributed by atoms with Crippen molar-refractivity contribution in [1.29, 1.82) is 0 Å². The monoisotopic (exact) mass is 174 g/mol. The van der Waals surface area contributed by atoms with Crippen LogP contribution in [0.3, 0.4) is 0 Å². The van der Waals surface area contributed by atoms with E-state index in [1.54, 1.807) is 0 Å². The van der Waals surface area contributed by atoms with Gasteiger partial charge in [0.05, 0.1) is 13.2 Å². The molecule has 0 aromatic rings. The van der Waals surface area contributed by atoms with E-state index in [0.29, 0.717) is 26.1 Å². The van der Waals surface area contributed by atoms with Gasteiger partial charge in [0.15, 0.2) is 0 Å². The fourth-order valence-electron chi connectivity index (χ4n) is 1.16. The molecular weight excluding hydrogens is 160 g/mol. The molecule has 0 atom stereocenters. The summed E-state index contributed by atoms with van der Waals surface area (Å²) >= 11 is 0. The van der Waals surface area contributed by atoms with Crippen molar-refractivity contribution in [2.45, 2.75) is 31.7 Å². The van der Waals surface area contributed by atoms with E-state index in [2.05, 4.69) is 0 Å². The minimum absolute atomic E-state index is 0.445. The molecule has 0 saturated carbocycles. The highest BCUT2D eigenvalue weighted by Gasteiger charge is 2.32. The summed E-state index contributed by atoms with van der Waals surface area (Å²) in [6.07, 6.45) is 3.38. The van der Waals surface area contributed by atoms with Crippen LogP contribution >= 0.6 is 0 Å². The number of ether oxygens (including phenoxy) is 2. The lowest BCUT2D eigenvalue weighted by molar-refractivity contribution is -0.308. The number of carbonyl (C=O) groups is 1. The van der Waals surface area contributed by atoms with Gasteiger partial charge in [-0.2, -0.15) is 0 Å². The Balaban J connectivity index is 2.08. The van der Waals surface area contributed by atoms with Gasteiger partial charge in [0.2, 0.25) is 0 Å². The molecule has 0 unspecified atom stereocenters.